The highest BCUT2D eigenvalue weighted by Crippen LogP contribution is 2.20. The molecule has 2 aromatic heterocycles. The third kappa shape index (κ3) is 3.45. The molecule has 2 amide bonds. The summed E-state index contributed by atoms with van der Waals surface area (Å²) in [6.07, 6.45) is 3.73. The van der Waals surface area contributed by atoms with E-state index < -0.39 is 0 Å². The Bertz CT molecular complexity index is 635. The standard InChI is InChI=1S/C14H16N4O3S/c1-20-11-7-15-8-12(16-11)21-10-4-5-18(9-10)14(19)17-13-3-2-6-22-13/h2-3,6-8,10H,4-5,9H2,1H3,(H,17,19)/t10-/m0/s1. The molecule has 1 fully saturated rings. The van der Waals surface area contributed by atoms with Crippen LogP contribution in [0.15, 0.2) is 29.9 Å². The van der Waals surface area contributed by atoms with E-state index in [1.807, 2.05) is 17.5 Å². The number of aromatic nitrogens is 2. The molecular weight excluding hydrogens is 304 g/mol. The first-order chi connectivity index (χ1) is 10.7. The quantitative estimate of drug-likeness (QED) is 0.935. The number of likely N-dealkylation sites (tertiary alicyclic amines) is 1. The number of nitrogens with zero attached hydrogens (tertiary/aromatic N) is 3. The first-order valence-electron chi connectivity index (χ1n) is 6.87. The fourth-order valence-electron chi connectivity index (χ4n) is 2.20. The molecule has 2 aromatic rings. The molecule has 0 aromatic carbocycles. The third-order valence-electron chi connectivity index (χ3n) is 3.27. The summed E-state index contributed by atoms with van der Waals surface area (Å²) in [5.41, 5.74) is 0. The van der Waals surface area contributed by atoms with Crippen molar-refractivity contribution in [3.63, 3.8) is 0 Å². The molecular formula is C14H16N4O3S. The van der Waals surface area contributed by atoms with Crippen LogP contribution in [-0.4, -0.2) is 47.2 Å². The van der Waals surface area contributed by atoms with Gasteiger partial charge in [0.2, 0.25) is 11.8 Å². The fraction of sp³-hybridized carbons (Fsp3) is 0.357. The molecule has 0 bridgehead atoms. The van der Waals surface area contributed by atoms with Gasteiger partial charge in [0.1, 0.15) is 6.10 Å². The lowest BCUT2D eigenvalue weighted by Crippen LogP contribution is -2.34. The van der Waals surface area contributed by atoms with Crippen molar-refractivity contribution in [3.8, 4) is 11.8 Å². The van der Waals surface area contributed by atoms with Crippen LogP contribution >= 0.6 is 11.3 Å². The van der Waals surface area contributed by atoms with Gasteiger partial charge in [0.05, 0.1) is 31.0 Å². The molecule has 3 heterocycles. The average Bonchev–Trinajstić information content (AvgIpc) is 3.19. The predicted octanol–water partition coefficient (Wildman–Crippen LogP) is 2.23. The molecule has 1 saturated heterocycles. The van der Waals surface area contributed by atoms with E-state index in [1.54, 1.807) is 4.90 Å². The fourth-order valence-corrected chi connectivity index (χ4v) is 2.81. The van der Waals surface area contributed by atoms with Gasteiger partial charge in [0, 0.05) is 13.0 Å². The molecule has 1 aliphatic heterocycles. The number of urea groups is 1. The van der Waals surface area contributed by atoms with Gasteiger partial charge in [0.15, 0.2) is 0 Å². The topological polar surface area (TPSA) is 76.6 Å². The van der Waals surface area contributed by atoms with E-state index in [2.05, 4.69) is 15.3 Å². The molecule has 0 aliphatic carbocycles. The normalized spacial score (nSPS) is 17.3. The number of rotatable bonds is 4. The molecule has 0 radical (unpaired) electrons. The molecule has 0 saturated carbocycles. The summed E-state index contributed by atoms with van der Waals surface area (Å²) in [4.78, 5) is 22.0. The molecule has 116 valence electrons. The van der Waals surface area contributed by atoms with E-state index in [4.69, 9.17) is 9.47 Å². The number of hydrogen-bond donors (Lipinski definition) is 1. The summed E-state index contributed by atoms with van der Waals surface area (Å²) in [5.74, 6) is 0.813. The zero-order valence-corrected chi connectivity index (χ0v) is 12.9. The van der Waals surface area contributed by atoms with Crippen molar-refractivity contribution in [2.45, 2.75) is 12.5 Å². The maximum Gasteiger partial charge on any atom is 0.322 e. The van der Waals surface area contributed by atoms with E-state index in [-0.39, 0.29) is 12.1 Å². The summed E-state index contributed by atoms with van der Waals surface area (Å²) in [7, 11) is 1.53. The number of amides is 2. The maximum atomic E-state index is 12.1. The SMILES string of the molecule is COc1cncc(O[C@H]2CCN(C(=O)Nc3cccs3)C2)n1. The number of methoxy groups -OCH3 is 1. The number of hydrogen-bond acceptors (Lipinski definition) is 6. The Morgan fingerprint density at radius 2 is 2.32 bits per heavy atom. The third-order valence-corrected chi connectivity index (χ3v) is 4.06. The van der Waals surface area contributed by atoms with Crippen LogP contribution in [0.25, 0.3) is 0 Å². The predicted molar refractivity (Wildman–Crippen MR) is 82.5 cm³/mol. The van der Waals surface area contributed by atoms with Crippen LogP contribution < -0.4 is 14.8 Å². The van der Waals surface area contributed by atoms with Crippen molar-refractivity contribution < 1.29 is 14.3 Å². The summed E-state index contributed by atoms with van der Waals surface area (Å²) < 4.78 is 10.8. The van der Waals surface area contributed by atoms with Gasteiger partial charge in [-0.3, -0.25) is 10.3 Å². The molecule has 1 aliphatic rings. The number of nitrogens with one attached hydrogen (secondary N) is 1. The largest absolute Gasteiger partial charge is 0.480 e. The second-order valence-electron chi connectivity index (χ2n) is 4.78. The number of carbonyl (C=O) groups is 1. The second kappa shape index (κ2) is 6.61. The maximum absolute atomic E-state index is 12.1. The Morgan fingerprint density at radius 1 is 1.45 bits per heavy atom. The minimum absolute atomic E-state index is 0.0875. The lowest BCUT2D eigenvalue weighted by Gasteiger charge is -2.17. The average molecular weight is 320 g/mol. The van der Waals surface area contributed by atoms with Crippen molar-refractivity contribution in [2.75, 3.05) is 25.5 Å². The van der Waals surface area contributed by atoms with Gasteiger partial charge >= 0.3 is 6.03 Å². The number of ether oxygens (including phenoxy) is 2. The van der Waals surface area contributed by atoms with Crippen LogP contribution in [-0.2, 0) is 0 Å². The van der Waals surface area contributed by atoms with Gasteiger partial charge < -0.3 is 14.4 Å². The highest BCUT2D eigenvalue weighted by molar-refractivity contribution is 7.14. The van der Waals surface area contributed by atoms with Crippen LogP contribution in [0, 0.1) is 0 Å². The minimum Gasteiger partial charge on any atom is -0.480 e. The van der Waals surface area contributed by atoms with E-state index in [9.17, 15) is 4.79 Å². The smallest absolute Gasteiger partial charge is 0.322 e. The van der Waals surface area contributed by atoms with Crippen molar-refractivity contribution in [2.24, 2.45) is 0 Å². The Kier molecular flexibility index (Phi) is 4.38. The first kappa shape index (κ1) is 14.6. The zero-order valence-electron chi connectivity index (χ0n) is 12.1. The highest BCUT2D eigenvalue weighted by Gasteiger charge is 2.28. The zero-order chi connectivity index (χ0) is 15.4. The molecule has 22 heavy (non-hydrogen) atoms. The lowest BCUT2D eigenvalue weighted by molar-refractivity contribution is 0.188. The van der Waals surface area contributed by atoms with E-state index >= 15 is 0 Å². The number of carbonyl (C=O) groups excluding carboxylic acids is 1. The van der Waals surface area contributed by atoms with Crippen molar-refractivity contribution in [3.05, 3.63) is 29.9 Å². The van der Waals surface area contributed by atoms with Crippen molar-refractivity contribution >= 4 is 22.4 Å². The molecule has 0 spiro atoms. The summed E-state index contributed by atoms with van der Waals surface area (Å²) in [6, 6.07) is 3.67. The highest BCUT2D eigenvalue weighted by atomic mass is 32.1. The monoisotopic (exact) mass is 320 g/mol. The van der Waals surface area contributed by atoms with Crippen LogP contribution in [0.1, 0.15) is 6.42 Å². The first-order valence-corrected chi connectivity index (χ1v) is 7.74. The summed E-state index contributed by atoms with van der Waals surface area (Å²) in [5, 5.41) is 5.63. The Hall–Kier alpha value is -2.35. The van der Waals surface area contributed by atoms with Gasteiger partial charge in [0.25, 0.3) is 0 Å². The Labute approximate surface area is 131 Å². The van der Waals surface area contributed by atoms with Crippen LogP contribution in [0.3, 0.4) is 0 Å². The molecule has 1 N–H and O–H groups in total. The lowest BCUT2D eigenvalue weighted by atomic mass is 10.3. The van der Waals surface area contributed by atoms with Gasteiger partial charge in [-0.2, -0.15) is 4.98 Å². The van der Waals surface area contributed by atoms with Gasteiger partial charge in [-0.05, 0) is 17.5 Å². The van der Waals surface area contributed by atoms with Gasteiger partial charge in [-0.25, -0.2) is 4.79 Å². The van der Waals surface area contributed by atoms with Crippen LogP contribution in [0.4, 0.5) is 9.80 Å². The Balaban J connectivity index is 1.54. The second-order valence-corrected chi connectivity index (χ2v) is 5.73. The van der Waals surface area contributed by atoms with Crippen LogP contribution in [0.2, 0.25) is 0 Å². The van der Waals surface area contributed by atoms with Crippen molar-refractivity contribution in [1.29, 1.82) is 0 Å². The summed E-state index contributed by atoms with van der Waals surface area (Å²) >= 11 is 1.50. The molecule has 8 heteroatoms. The summed E-state index contributed by atoms with van der Waals surface area (Å²) in [6.45, 7) is 1.18. The van der Waals surface area contributed by atoms with Gasteiger partial charge in [-0.15, -0.1) is 11.3 Å². The van der Waals surface area contributed by atoms with Crippen LogP contribution in [0.5, 0.6) is 11.8 Å². The minimum atomic E-state index is -0.106. The number of thiophene rings is 1. The molecule has 7 nitrogen and oxygen atoms in total. The van der Waals surface area contributed by atoms with E-state index in [0.29, 0.717) is 24.8 Å². The van der Waals surface area contributed by atoms with Crippen molar-refractivity contribution in [1.82, 2.24) is 14.9 Å². The van der Waals surface area contributed by atoms with E-state index in [1.165, 1.54) is 30.8 Å². The van der Waals surface area contributed by atoms with Gasteiger partial charge in [-0.1, -0.05) is 0 Å². The van der Waals surface area contributed by atoms with E-state index in [0.717, 1.165) is 11.4 Å². The molecule has 0 unspecified atom stereocenters. The molecule has 3 rings (SSSR count). The Morgan fingerprint density at radius 3 is 3.09 bits per heavy atom. The molecule has 1 atom stereocenters. The number of anilines is 1.